The molecular formula is C29H26N4O8S2. The van der Waals surface area contributed by atoms with E-state index in [1.54, 1.807) is 48.5 Å². The summed E-state index contributed by atoms with van der Waals surface area (Å²) in [6, 6.07) is 11.2. The molecule has 1 saturated heterocycles. The summed E-state index contributed by atoms with van der Waals surface area (Å²) in [5, 5.41) is 14.6. The zero-order valence-corrected chi connectivity index (χ0v) is 24.5. The number of aromatic amines is 1. The number of nitrogens with one attached hydrogen (secondary N) is 3. The number of esters is 1. The fourth-order valence-corrected chi connectivity index (χ4v) is 6.64. The Morgan fingerprint density at radius 3 is 2.58 bits per heavy atom. The number of amides is 3. The number of carbonyl (C=O) groups excluding carboxylic acids is 4. The number of ether oxygens (including phenoxy) is 1. The second-order valence-electron chi connectivity index (χ2n) is 9.69. The lowest BCUT2D eigenvalue weighted by atomic mass is 10.0. The number of β-lactam (4-membered cyclic amide) rings is 1. The quantitative estimate of drug-likeness (QED) is 0.157. The number of hydrogen-bond donors (Lipinski definition) is 4. The molecule has 3 amide bonds. The second-order valence-corrected chi connectivity index (χ2v) is 11.7. The Balaban J connectivity index is 1.37. The zero-order chi connectivity index (χ0) is 30.8. The van der Waals surface area contributed by atoms with Crippen LogP contribution < -0.4 is 16.1 Å². The lowest BCUT2D eigenvalue weighted by Gasteiger charge is -2.49. The molecule has 3 atom stereocenters. The molecule has 2 aliphatic rings. The van der Waals surface area contributed by atoms with Crippen LogP contribution in [0.1, 0.15) is 28.9 Å². The maximum atomic E-state index is 13.6. The number of rotatable bonds is 9. The van der Waals surface area contributed by atoms with Gasteiger partial charge in [-0.15, -0.1) is 23.5 Å². The van der Waals surface area contributed by atoms with Gasteiger partial charge in [0.1, 0.15) is 35.3 Å². The van der Waals surface area contributed by atoms with Crippen molar-refractivity contribution in [3.05, 3.63) is 87.3 Å². The Morgan fingerprint density at radius 1 is 1.16 bits per heavy atom. The van der Waals surface area contributed by atoms with Crippen LogP contribution in [0.4, 0.5) is 0 Å². The average Bonchev–Trinajstić information content (AvgIpc) is 3.00. The van der Waals surface area contributed by atoms with E-state index < -0.39 is 52.5 Å². The Bertz CT molecular complexity index is 1740. The topological polar surface area (TPSA) is 175 Å². The molecule has 4 N–H and O–H groups in total. The van der Waals surface area contributed by atoms with Gasteiger partial charge in [0, 0.05) is 34.7 Å². The molecule has 1 aromatic heterocycles. The van der Waals surface area contributed by atoms with Crippen molar-refractivity contribution in [2.75, 3.05) is 18.6 Å². The third-order valence-corrected chi connectivity index (χ3v) is 9.07. The highest BCUT2D eigenvalue weighted by Crippen LogP contribution is 2.40. The molecule has 43 heavy (non-hydrogen) atoms. The lowest BCUT2D eigenvalue weighted by molar-refractivity contribution is -0.151. The van der Waals surface area contributed by atoms with Gasteiger partial charge in [-0.1, -0.05) is 30.3 Å². The van der Waals surface area contributed by atoms with Crippen LogP contribution in [0.5, 0.6) is 0 Å². The first-order valence-electron chi connectivity index (χ1n) is 13.0. The predicted molar refractivity (Wildman–Crippen MR) is 159 cm³/mol. The molecule has 12 nitrogen and oxygen atoms in total. The summed E-state index contributed by atoms with van der Waals surface area (Å²) in [5.41, 5.74) is 0.255. The molecule has 0 radical (unpaired) electrons. The molecule has 222 valence electrons. The highest BCUT2D eigenvalue weighted by Gasteiger charge is 2.54. The van der Waals surface area contributed by atoms with Crippen LogP contribution in [0.15, 0.2) is 75.7 Å². The van der Waals surface area contributed by atoms with Crippen molar-refractivity contribution in [3.63, 3.8) is 0 Å². The Kier molecular flexibility index (Phi) is 8.59. The SMILES string of the molecule is CSc1ccc2c(=O)c(C(=O)NC(C(=O)N[C@@H]3C(=O)N4C(C(=O)O)=C(COC(C)=O)CS[C@H]34)c3ccccc3)c[nH]c2c1. The van der Waals surface area contributed by atoms with Gasteiger partial charge < -0.3 is 25.5 Å². The summed E-state index contributed by atoms with van der Waals surface area (Å²) in [6.07, 6.45) is 3.20. The van der Waals surface area contributed by atoms with Crippen LogP contribution in [-0.4, -0.2) is 74.7 Å². The summed E-state index contributed by atoms with van der Waals surface area (Å²) in [7, 11) is 0. The minimum atomic E-state index is -1.36. The summed E-state index contributed by atoms with van der Waals surface area (Å²) in [5.74, 6) is -3.94. The first-order valence-corrected chi connectivity index (χ1v) is 15.3. The zero-order valence-electron chi connectivity index (χ0n) is 22.9. The van der Waals surface area contributed by atoms with E-state index in [9.17, 15) is 33.9 Å². The van der Waals surface area contributed by atoms with Crippen LogP contribution in [0, 0.1) is 0 Å². The van der Waals surface area contributed by atoms with Crippen LogP contribution in [0.3, 0.4) is 0 Å². The van der Waals surface area contributed by atoms with Crippen LogP contribution in [0.2, 0.25) is 0 Å². The molecule has 1 unspecified atom stereocenters. The predicted octanol–water partition coefficient (Wildman–Crippen LogP) is 2.02. The monoisotopic (exact) mass is 622 g/mol. The van der Waals surface area contributed by atoms with Gasteiger partial charge in [0.2, 0.25) is 11.3 Å². The van der Waals surface area contributed by atoms with Gasteiger partial charge in [-0.2, -0.15) is 0 Å². The first-order chi connectivity index (χ1) is 20.6. The van der Waals surface area contributed by atoms with E-state index in [0.717, 1.165) is 9.80 Å². The van der Waals surface area contributed by atoms with Crippen molar-refractivity contribution in [2.24, 2.45) is 0 Å². The minimum Gasteiger partial charge on any atom is -0.477 e. The lowest BCUT2D eigenvalue weighted by Crippen LogP contribution is -2.71. The summed E-state index contributed by atoms with van der Waals surface area (Å²) in [4.78, 5) is 81.4. The molecule has 0 saturated carbocycles. The van der Waals surface area contributed by atoms with Crippen LogP contribution in [-0.2, 0) is 23.9 Å². The number of fused-ring (bicyclic) bond motifs is 2. The number of carboxylic acid groups (broad SMARTS) is 1. The molecule has 0 spiro atoms. The number of carboxylic acids is 1. The van der Waals surface area contributed by atoms with E-state index in [1.165, 1.54) is 36.6 Å². The van der Waals surface area contributed by atoms with E-state index in [1.807, 2.05) is 6.26 Å². The van der Waals surface area contributed by atoms with Crippen LogP contribution >= 0.6 is 23.5 Å². The largest absolute Gasteiger partial charge is 0.477 e. The number of aliphatic carboxylic acids is 1. The molecule has 14 heteroatoms. The third-order valence-electron chi connectivity index (χ3n) is 7.00. The van der Waals surface area contributed by atoms with Crippen molar-refractivity contribution < 1.29 is 33.8 Å². The summed E-state index contributed by atoms with van der Waals surface area (Å²) in [6.45, 7) is 0.922. The molecule has 5 rings (SSSR count). The molecule has 3 aromatic rings. The van der Waals surface area contributed by atoms with E-state index in [4.69, 9.17) is 4.74 Å². The minimum absolute atomic E-state index is 0.164. The van der Waals surface area contributed by atoms with Crippen molar-refractivity contribution in [3.8, 4) is 0 Å². The highest BCUT2D eigenvalue weighted by atomic mass is 32.2. The van der Waals surface area contributed by atoms with Gasteiger partial charge in [-0.25, -0.2) is 4.79 Å². The van der Waals surface area contributed by atoms with E-state index in [2.05, 4.69) is 15.6 Å². The van der Waals surface area contributed by atoms with Crippen molar-refractivity contribution in [1.82, 2.24) is 20.5 Å². The smallest absolute Gasteiger partial charge is 0.352 e. The number of H-pyrrole nitrogens is 1. The number of thioether (sulfide) groups is 2. The number of carbonyl (C=O) groups is 5. The molecule has 1 fully saturated rings. The molecule has 2 aromatic carbocycles. The molecule has 2 aliphatic heterocycles. The highest BCUT2D eigenvalue weighted by molar-refractivity contribution is 8.00. The Labute approximate surface area is 253 Å². The van der Waals surface area contributed by atoms with Gasteiger partial charge in [0.15, 0.2) is 0 Å². The fraction of sp³-hybridized carbons (Fsp3) is 0.241. The maximum absolute atomic E-state index is 13.6. The summed E-state index contributed by atoms with van der Waals surface area (Å²) < 4.78 is 4.95. The third kappa shape index (κ3) is 5.88. The van der Waals surface area contributed by atoms with Gasteiger partial charge in [-0.3, -0.25) is 28.9 Å². The van der Waals surface area contributed by atoms with Crippen molar-refractivity contribution in [1.29, 1.82) is 0 Å². The number of hydrogen-bond acceptors (Lipinski definition) is 9. The van der Waals surface area contributed by atoms with E-state index >= 15 is 0 Å². The van der Waals surface area contributed by atoms with E-state index in [-0.39, 0.29) is 29.2 Å². The van der Waals surface area contributed by atoms with Gasteiger partial charge >= 0.3 is 11.9 Å². The molecule has 0 bridgehead atoms. The Morgan fingerprint density at radius 2 is 1.91 bits per heavy atom. The number of benzene rings is 2. The normalized spacial score (nSPS) is 18.4. The number of aromatic nitrogens is 1. The van der Waals surface area contributed by atoms with Crippen molar-refractivity contribution in [2.45, 2.75) is 29.3 Å². The molecule has 3 heterocycles. The second kappa shape index (κ2) is 12.4. The average molecular weight is 623 g/mol. The van der Waals surface area contributed by atoms with Crippen LogP contribution in [0.25, 0.3) is 10.9 Å². The molecular weight excluding hydrogens is 596 g/mol. The van der Waals surface area contributed by atoms with Gasteiger partial charge in [0.05, 0.1) is 5.52 Å². The maximum Gasteiger partial charge on any atom is 0.352 e. The summed E-state index contributed by atoms with van der Waals surface area (Å²) >= 11 is 2.72. The van der Waals surface area contributed by atoms with E-state index in [0.29, 0.717) is 16.5 Å². The van der Waals surface area contributed by atoms with Gasteiger partial charge in [-0.05, 0) is 30.0 Å². The number of nitrogens with zero attached hydrogens (tertiary/aromatic N) is 1. The Hall–Kier alpha value is -4.56. The molecule has 0 aliphatic carbocycles. The van der Waals surface area contributed by atoms with Crippen molar-refractivity contribution >= 4 is 64.1 Å². The first kappa shape index (κ1) is 29.9. The standard InChI is InChI=1S/C29H26N4O8S2/c1-14(34)41-12-16-13-43-28-22(27(38)33(28)23(16)29(39)40)32-26(37)21(15-6-4-3-5-7-15)31-25(36)19-11-30-20-10-17(42-2)8-9-18(20)24(19)35/h3-11,21-22,28H,12-13H2,1-2H3,(H,30,35)(H,31,36)(H,32,37)(H,39,40)/t21?,22-,28-/m1/s1. The van der Waals surface area contributed by atoms with Gasteiger partial charge in [0.25, 0.3) is 11.8 Å². The fourth-order valence-electron chi connectivity index (χ4n) is 4.87. The number of pyridine rings is 1.